The van der Waals surface area contributed by atoms with Crippen molar-refractivity contribution in [1.29, 1.82) is 0 Å². The fourth-order valence-electron chi connectivity index (χ4n) is 1.23. The molecule has 0 aromatic heterocycles. The van der Waals surface area contributed by atoms with Crippen molar-refractivity contribution in [3.05, 3.63) is 35.1 Å². The molecule has 0 bridgehead atoms. The highest BCUT2D eigenvalue weighted by Gasteiger charge is 2.34. The van der Waals surface area contributed by atoms with E-state index in [4.69, 9.17) is 11.5 Å². The van der Waals surface area contributed by atoms with E-state index in [1.54, 1.807) is 0 Å². The standard InChI is InChI=1S/C9H10F4N2.ClH/c10-5-1-2-7(9(11,12)13)6(3-5)8(15)4-14;/h1-3,8H,4,14-15H2;1H/t8-;/m1./s1. The highest BCUT2D eigenvalue weighted by atomic mass is 35.5. The zero-order valence-electron chi connectivity index (χ0n) is 8.09. The normalized spacial score (nSPS) is 13.1. The van der Waals surface area contributed by atoms with Gasteiger partial charge in [-0.15, -0.1) is 12.4 Å². The minimum Gasteiger partial charge on any atom is -0.329 e. The van der Waals surface area contributed by atoms with E-state index in [1.165, 1.54) is 0 Å². The first-order valence-corrected chi connectivity index (χ1v) is 4.18. The van der Waals surface area contributed by atoms with Gasteiger partial charge in [-0.25, -0.2) is 4.39 Å². The minimum atomic E-state index is -4.55. The fraction of sp³-hybridized carbons (Fsp3) is 0.333. The van der Waals surface area contributed by atoms with Gasteiger partial charge in [0.2, 0.25) is 0 Å². The Morgan fingerprint density at radius 3 is 2.25 bits per heavy atom. The summed E-state index contributed by atoms with van der Waals surface area (Å²) in [6, 6.07) is 1.16. The second-order valence-electron chi connectivity index (χ2n) is 3.07. The van der Waals surface area contributed by atoms with Gasteiger partial charge in [0, 0.05) is 12.6 Å². The van der Waals surface area contributed by atoms with Crippen LogP contribution in [0.5, 0.6) is 0 Å². The molecule has 0 aliphatic heterocycles. The second kappa shape index (κ2) is 5.47. The Balaban J connectivity index is 0.00000225. The van der Waals surface area contributed by atoms with E-state index >= 15 is 0 Å². The minimum absolute atomic E-state index is 0. The Morgan fingerprint density at radius 1 is 1.25 bits per heavy atom. The Hall–Kier alpha value is -0.850. The van der Waals surface area contributed by atoms with Crippen molar-refractivity contribution in [2.75, 3.05) is 6.54 Å². The number of alkyl halides is 3. The van der Waals surface area contributed by atoms with Gasteiger partial charge in [0.05, 0.1) is 5.56 Å². The number of nitrogens with two attached hydrogens (primary N) is 2. The third-order valence-corrected chi connectivity index (χ3v) is 1.97. The molecule has 0 unspecified atom stereocenters. The predicted molar refractivity (Wildman–Crippen MR) is 54.6 cm³/mol. The molecular weight excluding hydrogens is 248 g/mol. The lowest BCUT2D eigenvalue weighted by atomic mass is 10.0. The van der Waals surface area contributed by atoms with Crippen LogP contribution in [0.25, 0.3) is 0 Å². The summed E-state index contributed by atoms with van der Waals surface area (Å²) in [5.41, 5.74) is 9.26. The third-order valence-electron chi connectivity index (χ3n) is 1.97. The van der Waals surface area contributed by atoms with Crippen LogP contribution in [0.4, 0.5) is 17.6 Å². The van der Waals surface area contributed by atoms with Crippen molar-refractivity contribution >= 4 is 12.4 Å². The molecule has 92 valence electrons. The zero-order valence-corrected chi connectivity index (χ0v) is 8.91. The quantitative estimate of drug-likeness (QED) is 0.799. The smallest absolute Gasteiger partial charge is 0.329 e. The molecule has 1 aromatic rings. The van der Waals surface area contributed by atoms with Crippen molar-refractivity contribution in [1.82, 2.24) is 0 Å². The molecule has 0 amide bonds. The highest BCUT2D eigenvalue weighted by Crippen LogP contribution is 2.34. The molecule has 1 rings (SSSR count). The van der Waals surface area contributed by atoms with Crippen LogP contribution in [-0.2, 0) is 6.18 Å². The maximum Gasteiger partial charge on any atom is 0.416 e. The molecule has 0 heterocycles. The SMILES string of the molecule is Cl.NC[C@@H](N)c1cc(F)ccc1C(F)(F)F. The van der Waals surface area contributed by atoms with Crippen molar-refractivity contribution in [2.45, 2.75) is 12.2 Å². The van der Waals surface area contributed by atoms with Gasteiger partial charge in [-0.3, -0.25) is 0 Å². The molecule has 0 spiro atoms. The summed E-state index contributed by atoms with van der Waals surface area (Å²) in [6.45, 7) is -0.174. The third kappa shape index (κ3) is 3.33. The summed E-state index contributed by atoms with van der Waals surface area (Å²) >= 11 is 0. The molecule has 0 saturated heterocycles. The number of benzene rings is 1. The van der Waals surface area contributed by atoms with Gasteiger partial charge < -0.3 is 11.5 Å². The van der Waals surface area contributed by atoms with Crippen LogP contribution in [0, 0.1) is 5.82 Å². The van der Waals surface area contributed by atoms with Gasteiger partial charge >= 0.3 is 6.18 Å². The molecule has 1 aromatic carbocycles. The molecule has 0 aliphatic rings. The van der Waals surface area contributed by atoms with Crippen LogP contribution in [0.15, 0.2) is 18.2 Å². The zero-order chi connectivity index (χ0) is 11.6. The van der Waals surface area contributed by atoms with Gasteiger partial charge in [0.25, 0.3) is 0 Å². The van der Waals surface area contributed by atoms with E-state index in [2.05, 4.69) is 0 Å². The van der Waals surface area contributed by atoms with E-state index in [-0.39, 0.29) is 24.5 Å². The molecule has 1 atom stereocenters. The molecule has 0 saturated carbocycles. The van der Waals surface area contributed by atoms with Crippen LogP contribution in [-0.4, -0.2) is 6.54 Å². The maximum absolute atomic E-state index is 12.8. The lowest BCUT2D eigenvalue weighted by Crippen LogP contribution is -2.24. The number of halogens is 5. The van der Waals surface area contributed by atoms with E-state index in [9.17, 15) is 17.6 Å². The predicted octanol–water partition coefficient (Wildman–Crippen LogP) is 2.22. The largest absolute Gasteiger partial charge is 0.416 e. The second-order valence-corrected chi connectivity index (χ2v) is 3.07. The van der Waals surface area contributed by atoms with Crippen molar-refractivity contribution in [2.24, 2.45) is 11.5 Å². The van der Waals surface area contributed by atoms with Gasteiger partial charge in [0.1, 0.15) is 5.82 Å². The Kier molecular flexibility index (Phi) is 5.18. The summed E-state index contributed by atoms with van der Waals surface area (Å²) in [4.78, 5) is 0. The van der Waals surface area contributed by atoms with Crippen LogP contribution in [0.1, 0.15) is 17.2 Å². The average Bonchev–Trinajstić information content (AvgIpc) is 2.14. The Morgan fingerprint density at radius 2 is 1.81 bits per heavy atom. The molecule has 16 heavy (non-hydrogen) atoms. The van der Waals surface area contributed by atoms with Gasteiger partial charge in [-0.2, -0.15) is 13.2 Å². The molecule has 2 nitrogen and oxygen atoms in total. The monoisotopic (exact) mass is 258 g/mol. The first-order chi connectivity index (χ1) is 6.86. The van der Waals surface area contributed by atoms with Crippen LogP contribution in [0.2, 0.25) is 0 Å². The Bertz CT molecular complexity index is 354. The first-order valence-electron chi connectivity index (χ1n) is 4.18. The Labute approximate surface area is 96.0 Å². The van der Waals surface area contributed by atoms with E-state index < -0.39 is 23.6 Å². The lowest BCUT2D eigenvalue weighted by molar-refractivity contribution is -0.138. The van der Waals surface area contributed by atoms with Crippen molar-refractivity contribution in [3.63, 3.8) is 0 Å². The maximum atomic E-state index is 12.8. The lowest BCUT2D eigenvalue weighted by Gasteiger charge is -2.16. The summed E-state index contributed by atoms with van der Waals surface area (Å²) in [5.74, 6) is -0.762. The van der Waals surface area contributed by atoms with E-state index in [0.717, 1.165) is 12.1 Å². The molecular formula is C9H11ClF4N2. The number of rotatable bonds is 2. The summed E-state index contributed by atoms with van der Waals surface area (Å²) in [5, 5.41) is 0. The molecule has 0 radical (unpaired) electrons. The van der Waals surface area contributed by atoms with Crippen molar-refractivity contribution < 1.29 is 17.6 Å². The molecule has 4 N–H and O–H groups in total. The molecule has 0 aliphatic carbocycles. The van der Waals surface area contributed by atoms with Gasteiger partial charge in [-0.1, -0.05) is 0 Å². The average molecular weight is 259 g/mol. The van der Waals surface area contributed by atoms with Crippen LogP contribution >= 0.6 is 12.4 Å². The van der Waals surface area contributed by atoms with Gasteiger partial charge in [-0.05, 0) is 23.8 Å². The summed E-state index contributed by atoms with van der Waals surface area (Å²) < 4.78 is 50.1. The van der Waals surface area contributed by atoms with Crippen molar-refractivity contribution in [3.8, 4) is 0 Å². The topological polar surface area (TPSA) is 52.0 Å². The first kappa shape index (κ1) is 15.2. The summed E-state index contributed by atoms with van der Waals surface area (Å²) in [7, 11) is 0. The van der Waals surface area contributed by atoms with E-state index in [0.29, 0.717) is 6.07 Å². The van der Waals surface area contributed by atoms with Gasteiger partial charge in [0.15, 0.2) is 0 Å². The molecule has 0 fully saturated rings. The summed E-state index contributed by atoms with van der Waals surface area (Å²) in [6.07, 6.45) is -4.55. The van der Waals surface area contributed by atoms with E-state index in [1.807, 2.05) is 0 Å². The number of hydrogen-bond donors (Lipinski definition) is 2. The number of hydrogen-bond acceptors (Lipinski definition) is 2. The van der Waals surface area contributed by atoms with Crippen LogP contribution < -0.4 is 11.5 Å². The molecule has 7 heteroatoms. The van der Waals surface area contributed by atoms with Crippen LogP contribution in [0.3, 0.4) is 0 Å². The fourth-order valence-corrected chi connectivity index (χ4v) is 1.23. The highest BCUT2D eigenvalue weighted by molar-refractivity contribution is 5.85.